The standard InChI is InChI=1S/C16H18N4O2/c1-9-15-12(19-16(17)18-9)7-10(8-13(15)20-21)11-5-3-4-6-14(11)22-2/h3-6,10,21H,7-8H2,1-2H3,(H2,17,18,19)/b20-13+. The van der Waals surface area contributed by atoms with Gasteiger partial charge in [0, 0.05) is 12.0 Å². The number of aromatic nitrogens is 2. The molecule has 1 heterocycles. The molecule has 3 N–H and O–H groups in total. The number of ether oxygens (including phenoxy) is 1. The predicted octanol–water partition coefficient (Wildman–Crippen LogP) is 2.28. The van der Waals surface area contributed by atoms with Gasteiger partial charge in [0.2, 0.25) is 5.95 Å². The number of fused-ring (bicyclic) bond motifs is 1. The summed E-state index contributed by atoms with van der Waals surface area (Å²) in [6.07, 6.45) is 1.32. The fourth-order valence-corrected chi connectivity index (χ4v) is 3.13. The molecule has 2 aromatic rings. The molecule has 0 bridgehead atoms. The molecule has 1 unspecified atom stereocenters. The van der Waals surface area contributed by atoms with Crippen LogP contribution in [0.4, 0.5) is 5.95 Å². The molecule has 1 atom stereocenters. The lowest BCUT2D eigenvalue weighted by molar-refractivity contribution is 0.316. The van der Waals surface area contributed by atoms with Crippen LogP contribution in [-0.2, 0) is 6.42 Å². The van der Waals surface area contributed by atoms with Crippen molar-refractivity contribution in [3.63, 3.8) is 0 Å². The number of rotatable bonds is 2. The summed E-state index contributed by atoms with van der Waals surface area (Å²) in [7, 11) is 1.65. The monoisotopic (exact) mass is 298 g/mol. The van der Waals surface area contributed by atoms with E-state index in [4.69, 9.17) is 10.5 Å². The Hall–Kier alpha value is -2.63. The third-order valence-electron chi connectivity index (χ3n) is 4.05. The first-order valence-corrected chi connectivity index (χ1v) is 7.11. The van der Waals surface area contributed by atoms with Crippen molar-refractivity contribution in [1.82, 2.24) is 9.97 Å². The van der Waals surface area contributed by atoms with Crippen LogP contribution in [0.1, 0.15) is 34.9 Å². The molecule has 0 radical (unpaired) electrons. The highest BCUT2D eigenvalue weighted by Gasteiger charge is 2.30. The van der Waals surface area contributed by atoms with Gasteiger partial charge >= 0.3 is 0 Å². The van der Waals surface area contributed by atoms with Crippen LogP contribution in [0.3, 0.4) is 0 Å². The minimum atomic E-state index is 0.128. The molecule has 1 aromatic heterocycles. The molecule has 0 amide bonds. The molecule has 0 aliphatic heterocycles. The predicted molar refractivity (Wildman–Crippen MR) is 83.6 cm³/mol. The van der Waals surface area contributed by atoms with Gasteiger partial charge in [0.05, 0.1) is 24.2 Å². The molecule has 22 heavy (non-hydrogen) atoms. The second-order valence-electron chi connectivity index (χ2n) is 5.38. The lowest BCUT2D eigenvalue weighted by Crippen LogP contribution is -2.24. The number of nitrogens with zero attached hydrogens (tertiary/aromatic N) is 3. The fourth-order valence-electron chi connectivity index (χ4n) is 3.13. The Bertz CT molecular complexity index is 743. The highest BCUT2D eigenvalue weighted by atomic mass is 16.5. The van der Waals surface area contributed by atoms with Gasteiger partial charge in [-0.1, -0.05) is 23.4 Å². The Morgan fingerprint density at radius 1 is 1.27 bits per heavy atom. The van der Waals surface area contributed by atoms with Gasteiger partial charge in [-0.15, -0.1) is 0 Å². The quantitative estimate of drug-likeness (QED) is 0.655. The first kappa shape index (κ1) is 14.3. The zero-order chi connectivity index (χ0) is 15.7. The maximum Gasteiger partial charge on any atom is 0.220 e. The summed E-state index contributed by atoms with van der Waals surface area (Å²) in [5.74, 6) is 1.20. The largest absolute Gasteiger partial charge is 0.496 e. The van der Waals surface area contributed by atoms with E-state index in [1.54, 1.807) is 7.11 Å². The van der Waals surface area contributed by atoms with Crippen molar-refractivity contribution >= 4 is 11.7 Å². The Kier molecular flexibility index (Phi) is 3.66. The average molecular weight is 298 g/mol. The summed E-state index contributed by atoms with van der Waals surface area (Å²) in [5, 5.41) is 12.9. The van der Waals surface area contributed by atoms with Crippen LogP contribution in [-0.4, -0.2) is 28.0 Å². The number of methoxy groups -OCH3 is 1. The first-order valence-electron chi connectivity index (χ1n) is 7.11. The smallest absolute Gasteiger partial charge is 0.220 e. The molecular formula is C16H18N4O2. The molecule has 1 aliphatic rings. The average Bonchev–Trinajstić information content (AvgIpc) is 2.53. The third-order valence-corrected chi connectivity index (χ3v) is 4.05. The molecule has 6 heteroatoms. The van der Waals surface area contributed by atoms with Crippen LogP contribution in [0.25, 0.3) is 0 Å². The van der Waals surface area contributed by atoms with Crippen molar-refractivity contribution in [3.05, 3.63) is 46.8 Å². The summed E-state index contributed by atoms with van der Waals surface area (Å²) in [6.45, 7) is 1.85. The van der Waals surface area contributed by atoms with Crippen molar-refractivity contribution in [2.45, 2.75) is 25.7 Å². The number of nitrogen functional groups attached to an aromatic ring is 1. The number of benzene rings is 1. The van der Waals surface area contributed by atoms with Gasteiger partial charge in [0.1, 0.15) is 5.75 Å². The highest BCUT2D eigenvalue weighted by molar-refractivity contribution is 6.03. The van der Waals surface area contributed by atoms with Crippen molar-refractivity contribution in [2.24, 2.45) is 5.16 Å². The number of anilines is 1. The van der Waals surface area contributed by atoms with Gasteiger partial charge in [-0.05, 0) is 30.9 Å². The summed E-state index contributed by atoms with van der Waals surface area (Å²) in [5.41, 5.74) is 9.80. The van der Waals surface area contributed by atoms with Crippen molar-refractivity contribution < 1.29 is 9.94 Å². The number of nitrogens with two attached hydrogens (primary N) is 1. The van der Waals surface area contributed by atoms with E-state index in [0.717, 1.165) is 28.3 Å². The number of hydrogen-bond acceptors (Lipinski definition) is 6. The van der Waals surface area contributed by atoms with E-state index in [1.807, 2.05) is 31.2 Å². The van der Waals surface area contributed by atoms with E-state index in [-0.39, 0.29) is 11.9 Å². The van der Waals surface area contributed by atoms with Crippen LogP contribution in [0.2, 0.25) is 0 Å². The van der Waals surface area contributed by atoms with Crippen LogP contribution in [0.15, 0.2) is 29.4 Å². The van der Waals surface area contributed by atoms with Gasteiger partial charge in [-0.3, -0.25) is 0 Å². The molecule has 0 fully saturated rings. The SMILES string of the molecule is COc1ccccc1C1C/C(=N\O)c2c(C)nc(N)nc2C1. The Morgan fingerprint density at radius 2 is 2.05 bits per heavy atom. The fraction of sp³-hybridized carbons (Fsp3) is 0.312. The summed E-state index contributed by atoms with van der Waals surface area (Å²) >= 11 is 0. The van der Waals surface area contributed by atoms with Gasteiger partial charge < -0.3 is 15.7 Å². The van der Waals surface area contributed by atoms with E-state index in [9.17, 15) is 5.21 Å². The zero-order valence-electron chi connectivity index (χ0n) is 12.6. The van der Waals surface area contributed by atoms with Crippen LogP contribution in [0.5, 0.6) is 5.75 Å². The van der Waals surface area contributed by atoms with E-state index in [0.29, 0.717) is 18.6 Å². The molecule has 6 nitrogen and oxygen atoms in total. The van der Waals surface area contributed by atoms with Gasteiger partial charge in [0.15, 0.2) is 0 Å². The second-order valence-corrected chi connectivity index (χ2v) is 5.38. The second kappa shape index (κ2) is 5.63. The molecule has 0 spiro atoms. The number of para-hydroxylation sites is 1. The van der Waals surface area contributed by atoms with Gasteiger partial charge in [0.25, 0.3) is 0 Å². The minimum Gasteiger partial charge on any atom is -0.496 e. The molecule has 114 valence electrons. The van der Waals surface area contributed by atoms with Gasteiger partial charge in [-0.2, -0.15) is 0 Å². The molecule has 3 rings (SSSR count). The third kappa shape index (κ3) is 2.36. The highest BCUT2D eigenvalue weighted by Crippen LogP contribution is 2.37. The van der Waals surface area contributed by atoms with Crippen LogP contribution >= 0.6 is 0 Å². The topological polar surface area (TPSA) is 93.6 Å². The van der Waals surface area contributed by atoms with Crippen molar-refractivity contribution in [1.29, 1.82) is 0 Å². The molecular weight excluding hydrogens is 280 g/mol. The summed E-state index contributed by atoms with van der Waals surface area (Å²) < 4.78 is 5.44. The van der Waals surface area contributed by atoms with Crippen molar-refractivity contribution in [2.75, 3.05) is 12.8 Å². The molecule has 1 aromatic carbocycles. The van der Waals surface area contributed by atoms with Crippen LogP contribution in [0, 0.1) is 6.92 Å². The lowest BCUT2D eigenvalue weighted by atomic mass is 9.80. The number of aryl methyl sites for hydroxylation is 1. The Morgan fingerprint density at radius 3 is 2.77 bits per heavy atom. The summed E-state index contributed by atoms with van der Waals surface area (Å²) in [4.78, 5) is 8.50. The minimum absolute atomic E-state index is 0.128. The van der Waals surface area contributed by atoms with E-state index in [1.165, 1.54) is 0 Å². The molecule has 0 saturated carbocycles. The lowest BCUT2D eigenvalue weighted by Gasteiger charge is -2.26. The summed E-state index contributed by atoms with van der Waals surface area (Å²) in [6, 6.07) is 7.87. The maximum absolute atomic E-state index is 9.39. The van der Waals surface area contributed by atoms with E-state index >= 15 is 0 Å². The Labute approximate surface area is 128 Å². The Balaban J connectivity index is 2.08. The van der Waals surface area contributed by atoms with Crippen LogP contribution < -0.4 is 10.5 Å². The van der Waals surface area contributed by atoms with Crippen molar-refractivity contribution in [3.8, 4) is 5.75 Å². The number of hydrogen-bond donors (Lipinski definition) is 2. The molecule has 0 saturated heterocycles. The van der Waals surface area contributed by atoms with Gasteiger partial charge in [-0.25, -0.2) is 9.97 Å². The molecule has 1 aliphatic carbocycles. The van der Waals surface area contributed by atoms with E-state index < -0.39 is 0 Å². The maximum atomic E-state index is 9.39. The normalized spacial score (nSPS) is 19.0. The first-order chi connectivity index (χ1) is 10.6. The van der Waals surface area contributed by atoms with E-state index in [2.05, 4.69) is 15.1 Å². The zero-order valence-corrected chi connectivity index (χ0v) is 12.6. The number of oxime groups is 1.